The van der Waals surface area contributed by atoms with Gasteiger partial charge in [-0.1, -0.05) is 25.0 Å². The summed E-state index contributed by atoms with van der Waals surface area (Å²) in [5.74, 6) is 0.456. The summed E-state index contributed by atoms with van der Waals surface area (Å²) < 4.78 is 0. The Balaban J connectivity index is 1.69. The maximum atomic E-state index is 12.9. The monoisotopic (exact) mass is 371 g/mol. The zero-order chi connectivity index (χ0) is 19.2. The van der Waals surface area contributed by atoms with Gasteiger partial charge in [0.25, 0.3) is 5.91 Å². The van der Waals surface area contributed by atoms with Gasteiger partial charge in [-0.2, -0.15) is 0 Å². The zero-order valence-corrected chi connectivity index (χ0v) is 16.7. The van der Waals surface area contributed by atoms with Crippen LogP contribution in [0.3, 0.4) is 0 Å². The van der Waals surface area contributed by atoms with Crippen molar-refractivity contribution in [1.82, 2.24) is 15.1 Å². The van der Waals surface area contributed by atoms with Crippen molar-refractivity contribution in [3.8, 4) is 0 Å². The van der Waals surface area contributed by atoms with E-state index in [2.05, 4.69) is 17.4 Å². The zero-order valence-electron chi connectivity index (χ0n) is 16.7. The average Bonchev–Trinajstić information content (AvgIpc) is 2.96. The maximum Gasteiger partial charge on any atom is 0.317 e. The van der Waals surface area contributed by atoms with Crippen LogP contribution in [0.15, 0.2) is 24.3 Å². The number of likely N-dealkylation sites (tertiary alicyclic amines) is 2. The van der Waals surface area contributed by atoms with Crippen LogP contribution in [0.25, 0.3) is 0 Å². The van der Waals surface area contributed by atoms with Gasteiger partial charge >= 0.3 is 6.03 Å². The highest BCUT2D eigenvalue weighted by atomic mass is 16.2. The molecule has 1 N–H and O–H groups in total. The van der Waals surface area contributed by atoms with E-state index < -0.39 is 0 Å². The van der Waals surface area contributed by atoms with Crippen LogP contribution >= 0.6 is 0 Å². The minimum Gasteiger partial charge on any atom is -0.339 e. The molecule has 0 saturated carbocycles. The van der Waals surface area contributed by atoms with Crippen LogP contribution in [-0.4, -0.2) is 54.0 Å². The fourth-order valence-electron chi connectivity index (χ4n) is 4.15. The molecule has 2 aliphatic rings. The average molecular weight is 372 g/mol. The molecule has 0 bridgehead atoms. The number of amides is 3. The Hall–Kier alpha value is -2.04. The number of nitrogens with zero attached hydrogens (tertiary/aromatic N) is 2. The standard InChI is InChI=1S/C22H33N3O2/c1-17(2)23-22(27)25-14-8-11-20(16-25)18-9-7-10-19(15-18)21(26)24-12-5-3-4-6-13-24/h7,9-10,15,17,20H,3-6,8,11-14,16H2,1-2H3,(H,23,27)/t20-/m1/s1. The van der Waals surface area contributed by atoms with E-state index in [1.807, 2.05) is 35.8 Å². The number of hydrogen-bond acceptors (Lipinski definition) is 2. The summed E-state index contributed by atoms with van der Waals surface area (Å²) in [5, 5.41) is 2.99. The molecular formula is C22H33N3O2. The molecule has 0 aromatic heterocycles. The Labute approximate surface area is 163 Å². The number of urea groups is 1. The largest absolute Gasteiger partial charge is 0.339 e. The second kappa shape index (κ2) is 9.25. The summed E-state index contributed by atoms with van der Waals surface area (Å²) in [4.78, 5) is 29.2. The van der Waals surface area contributed by atoms with E-state index in [4.69, 9.17) is 0 Å². The lowest BCUT2D eigenvalue weighted by atomic mass is 9.89. The van der Waals surface area contributed by atoms with E-state index >= 15 is 0 Å². The van der Waals surface area contributed by atoms with Gasteiger partial charge in [-0.25, -0.2) is 4.79 Å². The molecule has 2 saturated heterocycles. The van der Waals surface area contributed by atoms with Gasteiger partial charge in [0, 0.05) is 43.7 Å². The van der Waals surface area contributed by atoms with Crippen molar-refractivity contribution in [2.45, 2.75) is 64.3 Å². The first-order chi connectivity index (χ1) is 13.0. The Bertz CT molecular complexity index is 651. The third kappa shape index (κ3) is 5.24. The third-order valence-electron chi connectivity index (χ3n) is 5.62. The van der Waals surface area contributed by atoms with Crippen LogP contribution in [0.2, 0.25) is 0 Å². The van der Waals surface area contributed by atoms with E-state index in [1.165, 1.54) is 18.4 Å². The van der Waals surface area contributed by atoms with Crippen LogP contribution in [0.5, 0.6) is 0 Å². The van der Waals surface area contributed by atoms with Crippen LogP contribution in [0.1, 0.15) is 74.2 Å². The van der Waals surface area contributed by atoms with E-state index in [-0.39, 0.29) is 18.0 Å². The van der Waals surface area contributed by atoms with Crippen molar-refractivity contribution in [3.63, 3.8) is 0 Å². The molecule has 1 atom stereocenters. The highest BCUT2D eigenvalue weighted by Gasteiger charge is 2.26. The van der Waals surface area contributed by atoms with Gasteiger partial charge in [-0.05, 0) is 57.2 Å². The van der Waals surface area contributed by atoms with Gasteiger partial charge in [-0.15, -0.1) is 0 Å². The molecule has 1 aromatic rings. The summed E-state index contributed by atoms with van der Waals surface area (Å²) in [5.41, 5.74) is 1.97. The van der Waals surface area contributed by atoms with Crippen molar-refractivity contribution in [2.75, 3.05) is 26.2 Å². The lowest BCUT2D eigenvalue weighted by molar-refractivity contribution is 0.0761. The number of carbonyl (C=O) groups excluding carboxylic acids is 2. The molecule has 1 aromatic carbocycles. The van der Waals surface area contributed by atoms with Crippen molar-refractivity contribution in [1.29, 1.82) is 0 Å². The molecule has 5 heteroatoms. The number of nitrogens with one attached hydrogen (secondary N) is 1. The van der Waals surface area contributed by atoms with Gasteiger partial charge in [0.1, 0.15) is 0 Å². The highest BCUT2D eigenvalue weighted by molar-refractivity contribution is 5.94. The summed E-state index contributed by atoms with van der Waals surface area (Å²) in [6.07, 6.45) is 6.72. The van der Waals surface area contributed by atoms with Crippen LogP contribution in [0, 0.1) is 0 Å². The van der Waals surface area contributed by atoms with Crippen molar-refractivity contribution >= 4 is 11.9 Å². The first-order valence-corrected chi connectivity index (χ1v) is 10.5. The topological polar surface area (TPSA) is 52.7 Å². The van der Waals surface area contributed by atoms with Crippen molar-refractivity contribution in [2.24, 2.45) is 0 Å². The molecule has 0 radical (unpaired) electrons. The second-order valence-electron chi connectivity index (χ2n) is 8.22. The molecule has 0 spiro atoms. The van der Waals surface area contributed by atoms with Crippen molar-refractivity contribution in [3.05, 3.63) is 35.4 Å². The third-order valence-corrected chi connectivity index (χ3v) is 5.62. The molecule has 2 heterocycles. The number of carbonyl (C=O) groups is 2. The Kier molecular flexibility index (Phi) is 6.75. The smallest absolute Gasteiger partial charge is 0.317 e. The molecule has 27 heavy (non-hydrogen) atoms. The summed E-state index contributed by atoms with van der Waals surface area (Å²) in [7, 11) is 0. The lowest BCUT2D eigenvalue weighted by Crippen LogP contribution is -2.47. The molecule has 3 rings (SSSR count). The number of rotatable bonds is 3. The Morgan fingerprint density at radius 3 is 2.41 bits per heavy atom. The molecule has 2 aliphatic heterocycles. The normalized spacial score (nSPS) is 21.1. The predicted octanol–water partition coefficient (Wildman–Crippen LogP) is 4.00. The molecule has 148 valence electrons. The molecule has 0 aliphatic carbocycles. The summed E-state index contributed by atoms with van der Waals surface area (Å²) in [6, 6.07) is 8.25. The summed E-state index contributed by atoms with van der Waals surface area (Å²) in [6.45, 7) is 7.24. The summed E-state index contributed by atoms with van der Waals surface area (Å²) >= 11 is 0. The van der Waals surface area contributed by atoms with Crippen LogP contribution < -0.4 is 5.32 Å². The van der Waals surface area contributed by atoms with Crippen molar-refractivity contribution < 1.29 is 9.59 Å². The molecule has 0 unspecified atom stereocenters. The first-order valence-electron chi connectivity index (χ1n) is 10.5. The molecule has 2 fully saturated rings. The maximum absolute atomic E-state index is 12.9. The predicted molar refractivity (Wildman–Crippen MR) is 108 cm³/mol. The fraction of sp³-hybridized carbons (Fsp3) is 0.636. The van der Waals surface area contributed by atoms with Crippen LogP contribution in [-0.2, 0) is 0 Å². The van der Waals surface area contributed by atoms with Crippen LogP contribution in [0.4, 0.5) is 4.79 Å². The quantitative estimate of drug-likeness (QED) is 0.873. The van der Waals surface area contributed by atoms with E-state index in [0.717, 1.165) is 57.4 Å². The van der Waals surface area contributed by atoms with Gasteiger partial charge in [0.15, 0.2) is 0 Å². The fourth-order valence-corrected chi connectivity index (χ4v) is 4.15. The number of hydrogen-bond donors (Lipinski definition) is 1. The van der Waals surface area contributed by atoms with Gasteiger partial charge in [-0.3, -0.25) is 4.79 Å². The molecule has 3 amide bonds. The minimum absolute atomic E-state index is 0.0199. The molecular weight excluding hydrogens is 338 g/mol. The number of benzene rings is 1. The minimum atomic E-state index is 0.0199. The van der Waals surface area contributed by atoms with E-state index in [9.17, 15) is 9.59 Å². The highest BCUT2D eigenvalue weighted by Crippen LogP contribution is 2.28. The second-order valence-corrected chi connectivity index (χ2v) is 8.22. The Morgan fingerprint density at radius 2 is 1.70 bits per heavy atom. The van der Waals surface area contributed by atoms with E-state index in [1.54, 1.807) is 0 Å². The number of piperidine rings is 1. The lowest BCUT2D eigenvalue weighted by Gasteiger charge is -2.33. The SMILES string of the molecule is CC(C)NC(=O)N1CCC[C@@H](c2cccc(C(=O)N3CCCCCC3)c2)C1. The van der Waals surface area contributed by atoms with Gasteiger partial charge in [0.05, 0.1) is 0 Å². The van der Waals surface area contributed by atoms with Gasteiger partial charge < -0.3 is 15.1 Å². The first kappa shape index (κ1) is 19.7. The Morgan fingerprint density at radius 1 is 1.00 bits per heavy atom. The van der Waals surface area contributed by atoms with E-state index in [0.29, 0.717) is 5.92 Å². The van der Waals surface area contributed by atoms with Gasteiger partial charge in [0.2, 0.25) is 0 Å². The molecule has 5 nitrogen and oxygen atoms in total.